The van der Waals surface area contributed by atoms with Crippen LogP contribution in [0.4, 0.5) is 0 Å². The smallest absolute Gasteiger partial charge is 0.274 e. The van der Waals surface area contributed by atoms with E-state index in [-0.39, 0.29) is 5.91 Å². The Labute approximate surface area is 125 Å². The van der Waals surface area contributed by atoms with Gasteiger partial charge in [0, 0.05) is 14.9 Å². The second-order valence-corrected chi connectivity index (χ2v) is 5.64. The Morgan fingerprint density at radius 3 is 2.58 bits per heavy atom. The molecule has 0 saturated heterocycles. The second kappa shape index (κ2) is 6.39. The molecule has 1 N–H and O–H groups in total. The van der Waals surface area contributed by atoms with Crippen molar-refractivity contribution in [3.05, 3.63) is 45.3 Å². The minimum atomic E-state index is -0.258. The SMILES string of the molecule is CCONC(=O)c1ccc(-c2cc(Cl)cc(Cl)c2)s1. The van der Waals surface area contributed by atoms with Gasteiger partial charge in [0.2, 0.25) is 0 Å². The first kappa shape index (κ1) is 14.3. The molecule has 19 heavy (non-hydrogen) atoms. The Morgan fingerprint density at radius 1 is 1.26 bits per heavy atom. The maximum Gasteiger partial charge on any atom is 0.284 e. The van der Waals surface area contributed by atoms with E-state index >= 15 is 0 Å². The van der Waals surface area contributed by atoms with Crippen LogP contribution in [0.1, 0.15) is 16.6 Å². The second-order valence-electron chi connectivity index (χ2n) is 3.69. The molecule has 2 rings (SSSR count). The van der Waals surface area contributed by atoms with E-state index in [2.05, 4.69) is 5.48 Å². The largest absolute Gasteiger partial charge is 0.284 e. The summed E-state index contributed by atoms with van der Waals surface area (Å²) < 4.78 is 0. The number of thiophene rings is 1. The highest BCUT2D eigenvalue weighted by molar-refractivity contribution is 7.17. The fourth-order valence-corrected chi connectivity index (χ4v) is 2.90. The van der Waals surface area contributed by atoms with Crippen molar-refractivity contribution in [2.45, 2.75) is 6.92 Å². The van der Waals surface area contributed by atoms with Crippen LogP contribution in [0.3, 0.4) is 0 Å². The molecule has 100 valence electrons. The summed E-state index contributed by atoms with van der Waals surface area (Å²) in [6, 6.07) is 8.88. The van der Waals surface area contributed by atoms with Gasteiger partial charge in [-0.05, 0) is 42.8 Å². The Balaban J connectivity index is 2.23. The van der Waals surface area contributed by atoms with Crippen LogP contribution in [0.5, 0.6) is 0 Å². The lowest BCUT2D eigenvalue weighted by Gasteiger charge is -2.01. The van der Waals surface area contributed by atoms with Gasteiger partial charge in [-0.2, -0.15) is 0 Å². The van der Waals surface area contributed by atoms with Crippen molar-refractivity contribution >= 4 is 40.4 Å². The summed E-state index contributed by atoms with van der Waals surface area (Å²) in [5.41, 5.74) is 3.24. The van der Waals surface area contributed by atoms with Crippen molar-refractivity contribution in [3.63, 3.8) is 0 Å². The van der Waals surface area contributed by atoms with Crippen LogP contribution >= 0.6 is 34.5 Å². The minimum Gasteiger partial charge on any atom is -0.274 e. The van der Waals surface area contributed by atoms with Gasteiger partial charge >= 0.3 is 0 Å². The lowest BCUT2D eigenvalue weighted by Crippen LogP contribution is -2.22. The van der Waals surface area contributed by atoms with Crippen molar-refractivity contribution in [2.24, 2.45) is 0 Å². The molecular formula is C13H11Cl2NO2S. The lowest BCUT2D eigenvalue weighted by molar-refractivity contribution is 0.0368. The van der Waals surface area contributed by atoms with E-state index in [4.69, 9.17) is 28.0 Å². The van der Waals surface area contributed by atoms with E-state index in [0.29, 0.717) is 21.5 Å². The third kappa shape index (κ3) is 3.70. The number of amides is 1. The normalized spacial score (nSPS) is 10.5. The zero-order valence-electron chi connectivity index (χ0n) is 10.1. The molecule has 0 aliphatic rings. The van der Waals surface area contributed by atoms with E-state index < -0.39 is 0 Å². The van der Waals surface area contributed by atoms with Gasteiger partial charge in [0.15, 0.2) is 0 Å². The monoisotopic (exact) mass is 315 g/mol. The third-order valence-corrected chi connectivity index (χ3v) is 3.86. The first-order chi connectivity index (χ1) is 9.10. The molecule has 6 heteroatoms. The molecular weight excluding hydrogens is 305 g/mol. The van der Waals surface area contributed by atoms with E-state index in [1.54, 1.807) is 19.1 Å². The van der Waals surface area contributed by atoms with Gasteiger partial charge in [-0.1, -0.05) is 23.2 Å². The molecule has 0 fully saturated rings. The van der Waals surface area contributed by atoms with Crippen molar-refractivity contribution < 1.29 is 9.63 Å². The molecule has 0 aliphatic heterocycles. The van der Waals surface area contributed by atoms with Crippen molar-refractivity contribution in [3.8, 4) is 10.4 Å². The molecule has 0 radical (unpaired) electrons. The average molecular weight is 316 g/mol. The summed E-state index contributed by atoms with van der Waals surface area (Å²) >= 11 is 13.3. The number of nitrogens with one attached hydrogen (secondary N) is 1. The summed E-state index contributed by atoms with van der Waals surface area (Å²) in [6.07, 6.45) is 0. The molecule has 0 saturated carbocycles. The van der Waals surface area contributed by atoms with Gasteiger partial charge in [0.1, 0.15) is 0 Å². The maximum atomic E-state index is 11.7. The fraction of sp³-hybridized carbons (Fsp3) is 0.154. The molecule has 3 nitrogen and oxygen atoms in total. The zero-order valence-corrected chi connectivity index (χ0v) is 12.4. The molecule has 0 unspecified atom stereocenters. The van der Waals surface area contributed by atoms with Gasteiger partial charge in [-0.3, -0.25) is 9.63 Å². The number of rotatable bonds is 4. The quantitative estimate of drug-likeness (QED) is 0.849. The summed E-state index contributed by atoms with van der Waals surface area (Å²) in [5, 5.41) is 1.13. The number of hydrogen-bond donors (Lipinski definition) is 1. The Hall–Kier alpha value is -1.07. The number of benzene rings is 1. The first-order valence-corrected chi connectivity index (χ1v) is 7.16. The van der Waals surface area contributed by atoms with E-state index in [1.165, 1.54) is 11.3 Å². The summed E-state index contributed by atoms with van der Waals surface area (Å²) in [6.45, 7) is 2.22. The van der Waals surface area contributed by atoms with Gasteiger partial charge in [-0.25, -0.2) is 5.48 Å². The topological polar surface area (TPSA) is 38.3 Å². The molecule has 1 aromatic carbocycles. The van der Waals surface area contributed by atoms with Crippen LogP contribution in [0.2, 0.25) is 10.0 Å². The average Bonchev–Trinajstić information content (AvgIpc) is 2.84. The number of hydroxylamine groups is 1. The molecule has 2 aromatic rings. The Kier molecular flexibility index (Phi) is 4.82. The summed E-state index contributed by atoms with van der Waals surface area (Å²) in [5.74, 6) is -0.258. The number of carbonyl (C=O) groups excluding carboxylic acids is 1. The van der Waals surface area contributed by atoms with Crippen LogP contribution in [-0.2, 0) is 4.84 Å². The first-order valence-electron chi connectivity index (χ1n) is 5.58. The third-order valence-electron chi connectivity index (χ3n) is 2.29. The van der Waals surface area contributed by atoms with E-state index in [9.17, 15) is 4.79 Å². The van der Waals surface area contributed by atoms with Crippen molar-refractivity contribution in [1.82, 2.24) is 5.48 Å². The van der Waals surface area contributed by atoms with Crippen LogP contribution < -0.4 is 5.48 Å². The van der Waals surface area contributed by atoms with Crippen molar-refractivity contribution in [2.75, 3.05) is 6.61 Å². The fourth-order valence-electron chi connectivity index (χ4n) is 1.50. The predicted molar refractivity (Wildman–Crippen MR) is 78.9 cm³/mol. The molecule has 1 heterocycles. The van der Waals surface area contributed by atoms with Crippen molar-refractivity contribution in [1.29, 1.82) is 0 Å². The molecule has 0 atom stereocenters. The summed E-state index contributed by atoms with van der Waals surface area (Å²) in [7, 11) is 0. The molecule has 1 aromatic heterocycles. The number of halogens is 2. The van der Waals surface area contributed by atoms with Crippen LogP contribution in [0.15, 0.2) is 30.3 Å². The van der Waals surface area contributed by atoms with Gasteiger partial charge < -0.3 is 0 Å². The predicted octanol–water partition coefficient (Wildman–Crippen LogP) is 4.40. The highest BCUT2D eigenvalue weighted by Gasteiger charge is 2.11. The minimum absolute atomic E-state index is 0.258. The van der Waals surface area contributed by atoms with Gasteiger partial charge in [0.05, 0.1) is 11.5 Å². The van der Waals surface area contributed by atoms with Crippen LogP contribution in [-0.4, -0.2) is 12.5 Å². The zero-order chi connectivity index (χ0) is 13.8. The molecule has 0 bridgehead atoms. The molecule has 0 spiro atoms. The molecule has 1 amide bonds. The Morgan fingerprint density at radius 2 is 1.95 bits per heavy atom. The number of carbonyl (C=O) groups is 1. The Bertz CT molecular complexity index is 578. The van der Waals surface area contributed by atoms with Crippen LogP contribution in [0.25, 0.3) is 10.4 Å². The summed E-state index contributed by atoms with van der Waals surface area (Å²) in [4.78, 5) is 18.1. The maximum absolute atomic E-state index is 11.7. The lowest BCUT2D eigenvalue weighted by atomic mass is 10.2. The van der Waals surface area contributed by atoms with Gasteiger partial charge in [-0.15, -0.1) is 11.3 Å². The highest BCUT2D eigenvalue weighted by Crippen LogP contribution is 2.32. The van der Waals surface area contributed by atoms with Crippen LogP contribution in [0, 0.1) is 0 Å². The number of hydrogen-bond acceptors (Lipinski definition) is 3. The van der Waals surface area contributed by atoms with E-state index in [1.807, 2.05) is 18.2 Å². The highest BCUT2D eigenvalue weighted by atomic mass is 35.5. The van der Waals surface area contributed by atoms with E-state index in [0.717, 1.165) is 10.4 Å². The van der Waals surface area contributed by atoms with Gasteiger partial charge in [0.25, 0.3) is 5.91 Å². The molecule has 0 aliphatic carbocycles. The standard InChI is InChI=1S/C13H11Cl2NO2S/c1-2-18-16-13(17)12-4-3-11(19-12)8-5-9(14)7-10(15)6-8/h3-7H,2H2,1H3,(H,16,17).